The Morgan fingerprint density at radius 1 is 0.659 bits per heavy atom. The molecular weight excluding hydrogens is 1060 g/mol. The third kappa shape index (κ3) is 13.9. The Hall–Kier alpha value is -7.01. The van der Waals surface area contributed by atoms with Gasteiger partial charge in [0.25, 0.3) is 23.6 Å². The van der Waals surface area contributed by atoms with Crippen molar-refractivity contribution < 1.29 is 72.5 Å². The maximum absolute atomic E-state index is 13.4. The molecule has 0 aliphatic carbocycles. The molecule has 5 amide bonds. The number of amides is 5. The first-order valence-corrected chi connectivity index (χ1v) is 28.5. The van der Waals surface area contributed by atoms with Gasteiger partial charge in [0, 0.05) is 50.5 Å². The minimum Gasteiger partial charge on any atom is -0.508 e. The van der Waals surface area contributed by atoms with E-state index in [1.807, 2.05) is 41.0 Å². The van der Waals surface area contributed by atoms with E-state index in [0.29, 0.717) is 87.2 Å². The summed E-state index contributed by atoms with van der Waals surface area (Å²) in [7, 11) is 1.54. The van der Waals surface area contributed by atoms with E-state index in [1.54, 1.807) is 76.2 Å². The van der Waals surface area contributed by atoms with E-state index in [4.69, 9.17) is 33.2 Å². The van der Waals surface area contributed by atoms with Crippen LogP contribution in [-0.2, 0) is 44.9 Å². The van der Waals surface area contributed by atoms with Crippen LogP contribution in [0.5, 0.6) is 23.0 Å². The monoisotopic (exact) mass is 1130 g/mol. The lowest BCUT2D eigenvalue weighted by Gasteiger charge is -2.40. The maximum atomic E-state index is 13.4. The topological polar surface area (TPSA) is 256 Å². The van der Waals surface area contributed by atoms with E-state index >= 15 is 0 Å². The van der Waals surface area contributed by atoms with Crippen LogP contribution in [-0.4, -0.2) is 180 Å². The number of aliphatic hydroxyl groups is 2. The molecule has 21 heteroatoms. The molecule has 4 aromatic carbocycles. The molecule has 8 atom stereocenters. The lowest BCUT2D eigenvalue weighted by atomic mass is 9.91. The number of aliphatic hydroxyl groups excluding tert-OH is 2. The number of nitrogens with zero attached hydrogens (tertiary/aromatic N) is 3. The highest BCUT2D eigenvalue weighted by molar-refractivity contribution is 6.01. The van der Waals surface area contributed by atoms with Crippen molar-refractivity contribution in [1.82, 2.24) is 30.7 Å². The SMILES string of the molecule is CCOc1cc(C(=O)N2C3CCC2COC3)ccc1C(=O)NC[C@@H](O)[C@@H]1Cc2ccc(O)cc2CN1.CCOc1cc(C(=O)N2C3CCC2COC3)ccc1C(=O)NC[C@@H](O)[C@@H]1Cc2ccc(OCOC)cc2CN1C(=O)OC(C)(C)C. The summed E-state index contributed by atoms with van der Waals surface area (Å²) in [6.07, 6.45) is 2.19. The molecule has 0 spiro atoms. The summed E-state index contributed by atoms with van der Waals surface area (Å²) < 4.78 is 39.0. The molecule has 10 rings (SSSR count). The molecule has 4 unspecified atom stereocenters. The molecule has 6 heterocycles. The van der Waals surface area contributed by atoms with Gasteiger partial charge in [-0.15, -0.1) is 0 Å². The van der Waals surface area contributed by atoms with E-state index < -0.39 is 35.9 Å². The minimum absolute atomic E-state index is 0.0595. The second-order valence-electron chi connectivity index (χ2n) is 22.6. The van der Waals surface area contributed by atoms with Crippen molar-refractivity contribution in [2.75, 3.05) is 66.6 Å². The zero-order chi connectivity index (χ0) is 58.2. The molecule has 4 fully saturated rings. The van der Waals surface area contributed by atoms with Gasteiger partial charge in [0.05, 0.1) is 93.2 Å². The number of fused-ring (bicyclic) bond motifs is 6. The molecule has 6 aliphatic rings. The fraction of sp³-hybridized carbons (Fsp3) is 0.525. The lowest BCUT2D eigenvalue weighted by Crippen LogP contribution is -2.54. The van der Waals surface area contributed by atoms with Crippen LogP contribution in [0.4, 0.5) is 4.79 Å². The van der Waals surface area contributed by atoms with Gasteiger partial charge in [-0.25, -0.2) is 4.79 Å². The largest absolute Gasteiger partial charge is 0.508 e. The van der Waals surface area contributed by atoms with Gasteiger partial charge in [0.15, 0.2) is 6.79 Å². The number of ether oxygens (including phenoxy) is 7. The first-order valence-electron chi connectivity index (χ1n) is 28.5. The van der Waals surface area contributed by atoms with Crippen LogP contribution in [0.15, 0.2) is 72.8 Å². The highest BCUT2D eigenvalue weighted by atomic mass is 16.7. The number of hydrogen-bond donors (Lipinski definition) is 6. The molecular formula is C61H78N6O15. The fourth-order valence-corrected chi connectivity index (χ4v) is 11.8. The molecule has 0 radical (unpaired) electrons. The normalized spacial score (nSPS) is 22.3. The van der Waals surface area contributed by atoms with E-state index in [0.717, 1.165) is 47.9 Å². The van der Waals surface area contributed by atoms with Crippen molar-refractivity contribution in [2.24, 2.45) is 0 Å². The van der Waals surface area contributed by atoms with Crippen LogP contribution < -0.4 is 30.2 Å². The highest BCUT2D eigenvalue weighted by Gasteiger charge is 2.43. The zero-order valence-electron chi connectivity index (χ0n) is 47.7. The van der Waals surface area contributed by atoms with Crippen molar-refractivity contribution in [3.63, 3.8) is 0 Å². The van der Waals surface area contributed by atoms with E-state index in [-0.39, 0.29) is 91.4 Å². The first-order chi connectivity index (χ1) is 39.4. The van der Waals surface area contributed by atoms with Crippen LogP contribution in [0.1, 0.15) is 124 Å². The molecule has 442 valence electrons. The average Bonchev–Trinajstić information content (AvgIpc) is 4.06. The second kappa shape index (κ2) is 26.5. The quantitative estimate of drug-likeness (QED) is 0.0750. The first kappa shape index (κ1) is 59.6. The third-order valence-corrected chi connectivity index (χ3v) is 15.9. The summed E-state index contributed by atoms with van der Waals surface area (Å²) in [5, 5.41) is 40.6. The highest BCUT2D eigenvalue weighted by Crippen LogP contribution is 2.35. The zero-order valence-corrected chi connectivity index (χ0v) is 47.7. The number of aromatic hydroxyl groups is 1. The summed E-state index contributed by atoms with van der Waals surface area (Å²) in [5.41, 5.74) is 4.65. The van der Waals surface area contributed by atoms with Crippen LogP contribution >= 0.6 is 0 Å². The smallest absolute Gasteiger partial charge is 0.410 e. The van der Waals surface area contributed by atoms with Crippen LogP contribution in [0.3, 0.4) is 0 Å². The third-order valence-electron chi connectivity index (χ3n) is 15.9. The summed E-state index contributed by atoms with van der Waals surface area (Å²) in [4.78, 5) is 71.7. The number of phenolic OH excluding ortho intramolecular Hbond substituents is 1. The number of hydrogen-bond acceptors (Lipinski definition) is 16. The van der Waals surface area contributed by atoms with Gasteiger partial charge < -0.3 is 74.2 Å². The van der Waals surface area contributed by atoms with Crippen molar-refractivity contribution in [3.05, 3.63) is 117 Å². The van der Waals surface area contributed by atoms with Crippen LogP contribution in [0.2, 0.25) is 0 Å². The number of carbonyl (C=O) groups is 5. The maximum Gasteiger partial charge on any atom is 0.410 e. The van der Waals surface area contributed by atoms with Crippen LogP contribution in [0, 0.1) is 0 Å². The standard InChI is InChI=1S/C34H45N3O9.C27H33N3O6/c1-6-44-30-15-22(32(40)37-24-9-10-25(37)19-43-18-24)8-12-27(30)31(39)35-16-29(38)28-14-21-7-11-26(45-20-42-5)13-23(21)17-36(28)33(41)46-34(2,3)4;1-2-36-25-11-17(27(34)30-19-5-6-20(30)15-35-14-19)4-8-22(25)26(33)29-13-24(32)23-10-16-3-7-21(31)9-18(16)12-28-23/h7-8,11-13,15,24-25,28-29,38H,6,9-10,14,16-20H2,1-5H3,(H,35,39);3-4,7-9,11,19-20,23-24,28,31-32H,2,5-6,10,12-15H2,1H3,(H,29,33)/t24?,25?,28-,29+;19?,20?,23-,24+/m00/s1. The summed E-state index contributed by atoms with van der Waals surface area (Å²) >= 11 is 0. The molecule has 4 aromatic rings. The predicted octanol–water partition coefficient (Wildman–Crippen LogP) is 5.12. The van der Waals surface area contributed by atoms with Crippen molar-refractivity contribution in [2.45, 2.75) is 140 Å². The summed E-state index contributed by atoms with van der Waals surface area (Å²) in [6, 6.07) is 20.0. The molecule has 4 saturated heterocycles. The van der Waals surface area contributed by atoms with E-state index in [1.165, 1.54) is 12.0 Å². The Kier molecular flexibility index (Phi) is 19.3. The van der Waals surface area contributed by atoms with Gasteiger partial charge in [-0.3, -0.25) is 24.1 Å². The Bertz CT molecular complexity index is 2920. The number of rotatable bonds is 17. The molecule has 21 nitrogen and oxygen atoms in total. The Balaban J connectivity index is 0.000000203. The number of nitrogens with one attached hydrogen (secondary N) is 3. The molecule has 4 bridgehead atoms. The van der Waals surface area contributed by atoms with Gasteiger partial charge in [0.2, 0.25) is 0 Å². The molecule has 0 saturated carbocycles. The lowest BCUT2D eigenvalue weighted by molar-refractivity contribution is -0.0114. The number of morpholine rings is 2. The number of carbonyl (C=O) groups excluding carboxylic acids is 5. The molecule has 82 heavy (non-hydrogen) atoms. The predicted molar refractivity (Wildman–Crippen MR) is 300 cm³/mol. The Labute approximate surface area is 478 Å². The molecule has 6 N–H and O–H groups in total. The fourth-order valence-electron chi connectivity index (χ4n) is 11.8. The van der Waals surface area contributed by atoms with Gasteiger partial charge in [-0.2, -0.15) is 0 Å². The van der Waals surface area contributed by atoms with Gasteiger partial charge >= 0.3 is 6.09 Å². The van der Waals surface area contributed by atoms with Crippen molar-refractivity contribution in [1.29, 1.82) is 0 Å². The van der Waals surface area contributed by atoms with Gasteiger partial charge in [0.1, 0.15) is 28.6 Å². The summed E-state index contributed by atoms with van der Waals surface area (Å²) in [6.45, 7) is 12.6. The Morgan fingerprint density at radius 2 is 1.18 bits per heavy atom. The number of benzene rings is 4. The minimum atomic E-state index is -1.11. The average molecular weight is 1140 g/mol. The number of phenols is 1. The molecule has 0 aromatic heterocycles. The van der Waals surface area contributed by atoms with Crippen molar-refractivity contribution in [3.8, 4) is 23.0 Å². The van der Waals surface area contributed by atoms with Crippen LogP contribution in [0.25, 0.3) is 0 Å². The molecule has 6 aliphatic heterocycles. The Morgan fingerprint density at radius 3 is 1.71 bits per heavy atom. The number of methoxy groups -OCH3 is 1. The van der Waals surface area contributed by atoms with Gasteiger partial charge in [-0.1, -0.05) is 12.1 Å². The van der Waals surface area contributed by atoms with Crippen molar-refractivity contribution >= 4 is 29.7 Å². The van der Waals surface area contributed by atoms with Gasteiger partial charge in [-0.05, 0) is 156 Å². The summed E-state index contributed by atoms with van der Waals surface area (Å²) in [5.74, 6) is 0.456. The van der Waals surface area contributed by atoms with E-state index in [9.17, 15) is 39.3 Å². The second-order valence-corrected chi connectivity index (χ2v) is 22.6. The van der Waals surface area contributed by atoms with E-state index in [2.05, 4.69) is 16.0 Å².